The minimum Gasteiger partial charge on any atom is -0.478 e. The lowest BCUT2D eigenvalue weighted by atomic mass is 10.0. The molecule has 1 aliphatic rings. The third-order valence-electron chi connectivity index (χ3n) is 4.94. The Hall–Kier alpha value is -4.19. The molecule has 1 amide bonds. The first-order chi connectivity index (χ1) is 15.6. The topological polar surface area (TPSA) is 104 Å². The summed E-state index contributed by atoms with van der Waals surface area (Å²) in [4.78, 5) is 36.1. The van der Waals surface area contributed by atoms with Crippen molar-refractivity contribution in [1.29, 1.82) is 0 Å². The van der Waals surface area contributed by atoms with Crippen LogP contribution in [-0.2, 0) is 14.4 Å². The molecule has 33 heavy (non-hydrogen) atoms. The second kappa shape index (κ2) is 12.6. The van der Waals surface area contributed by atoms with Gasteiger partial charge in [0.15, 0.2) is 0 Å². The fraction of sp³-hybridized carbons (Fsp3) is 0.148. The summed E-state index contributed by atoms with van der Waals surface area (Å²) >= 11 is 0. The van der Waals surface area contributed by atoms with E-state index in [4.69, 9.17) is 0 Å². The number of aliphatic carboxylic acids is 2. The third kappa shape index (κ3) is 6.90. The maximum absolute atomic E-state index is 13.0. The minimum atomic E-state index is -1.35. The van der Waals surface area contributed by atoms with Crippen LogP contribution in [0, 0.1) is 0 Å². The monoisotopic (exact) mass is 447 g/mol. The van der Waals surface area contributed by atoms with Crippen LogP contribution < -0.4 is 5.32 Å². The molecular weight excluding hydrogens is 418 g/mol. The number of rotatable bonds is 10. The molecule has 0 heterocycles. The molecule has 172 valence electrons. The van der Waals surface area contributed by atoms with Crippen LogP contribution in [0.3, 0.4) is 0 Å². The molecule has 0 aliphatic heterocycles. The van der Waals surface area contributed by atoms with Gasteiger partial charge in [-0.1, -0.05) is 56.2 Å². The Morgan fingerprint density at radius 2 is 1.58 bits per heavy atom. The zero-order valence-electron chi connectivity index (χ0n) is 19.1. The summed E-state index contributed by atoms with van der Waals surface area (Å²) in [5, 5.41) is 21.5. The predicted octanol–water partition coefficient (Wildman–Crippen LogP) is 5.11. The van der Waals surface area contributed by atoms with E-state index < -0.39 is 17.8 Å². The van der Waals surface area contributed by atoms with E-state index in [1.165, 1.54) is 32.1 Å². The number of carbonyl (C=O) groups excluding carboxylic acids is 1. The molecule has 0 atom stereocenters. The first-order valence-electron chi connectivity index (χ1n) is 10.2. The van der Waals surface area contributed by atoms with Crippen molar-refractivity contribution in [3.05, 3.63) is 119 Å². The Kier molecular flexibility index (Phi) is 10.3. The molecule has 1 aliphatic carbocycles. The predicted molar refractivity (Wildman–Crippen MR) is 131 cm³/mol. The van der Waals surface area contributed by atoms with Crippen LogP contribution in [0.5, 0.6) is 0 Å². The number of carboxylic acid groups (broad SMARTS) is 2. The number of carboxylic acids is 2. The van der Waals surface area contributed by atoms with Gasteiger partial charge in [0.05, 0.1) is 16.7 Å². The van der Waals surface area contributed by atoms with Gasteiger partial charge in [0, 0.05) is 5.70 Å². The average molecular weight is 448 g/mol. The van der Waals surface area contributed by atoms with E-state index >= 15 is 0 Å². The molecule has 0 bridgehead atoms. The van der Waals surface area contributed by atoms with Crippen molar-refractivity contribution >= 4 is 17.8 Å². The molecule has 0 saturated carbocycles. The molecule has 0 spiro atoms. The summed E-state index contributed by atoms with van der Waals surface area (Å²) in [6.07, 6.45) is 14.5. The average Bonchev–Trinajstić information content (AvgIpc) is 3.04. The summed E-state index contributed by atoms with van der Waals surface area (Å²) in [6, 6.07) is 0. The van der Waals surface area contributed by atoms with E-state index in [1.807, 2.05) is 19.1 Å². The molecule has 0 aromatic heterocycles. The first kappa shape index (κ1) is 26.8. The first-order valence-corrected chi connectivity index (χ1v) is 10.2. The second-order valence-corrected chi connectivity index (χ2v) is 6.94. The molecule has 3 N–H and O–H groups in total. The van der Waals surface area contributed by atoms with Gasteiger partial charge in [0.25, 0.3) is 5.91 Å². The molecule has 1 rings (SSSR count). The van der Waals surface area contributed by atoms with Crippen LogP contribution in [0.2, 0.25) is 0 Å². The molecule has 0 saturated heterocycles. The van der Waals surface area contributed by atoms with Gasteiger partial charge in [-0.25, -0.2) is 9.59 Å². The van der Waals surface area contributed by atoms with Crippen LogP contribution >= 0.6 is 0 Å². The van der Waals surface area contributed by atoms with Gasteiger partial charge in [0.1, 0.15) is 0 Å². The van der Waals surface area contributed by atoms with Gasteiger partial charge in [-0.15, -0.1) is 0 Å². The standard InChI is InChI=1S/C27H29NO5/c1-7-12-19-14-20(17(6)23(19)13-8-2)15-21(10-4)28-25(29)24(22(11-5)27(32)33)16-18(9-3)26(30)31/h7-13,15-16H,1-2,4,14H2,3,5-6H3,(H,28,29)(H,30,31)(H,32,33)/b18-9+,19-12-,21-15+,22-11+,23-13-,24-16+. The van der Waals surface area contributed by atoms with E-state index in [9.17, 15) is 24.6 Å². The highest BCUT2D eigenvalue weighted by molar-refractivity contribution is 6.10. The van der Waals surface area contributed by atoms with Gasteiger partial charge < -0.3 is 15.5 Å². The number of nitrogens with one attached hydrogen (secondary N) is 1. The number of amides is 1. The Labute approximate surface area is 194 Å². The summed E-state index contributed by atoms with van der Waals surface area (Å²) in [6.45, 7) is 16.1. The van der Waals surface area contributed by atoms with Crippen molar-refractivity contribution in [3.63, 3.8) is 0 Å². The Bertz CT molecular complexity index is 1100. The molecule has 0 unspecified atom stereocenters. The summed E-state index contributed by atoms with van der Waals surface area (Å²) in [5.74, 6) is -3.40. The summed E-state index contributed by atoms with van der Waals surface area (Å²) in [7, 11) is 0. The van der Waals surface area contributed by atoms with Crippen LogP contribution in [-0.4, -0.2) is 28.1 Å². The van der Waals surface area contributed by atoms with Crippen LogP contribution in [0.25, 0.3) is 0 Å². The van der Waals surface area contributed by atoms with E-state index in [0.29, 0.717) is 12.1 Å². The number of allylic oxidation sites excluding steroid dienone is 12. The highest BCUT2D eigenvalue weighted by Crippen LogP contribution is 2.37. The zero-order valence-corrected chi connectivity index (χ0v) is 19.1. The summed E-state index contributed by atoms with van der Waals surface area (Å²) < 4.78 is 0. The fourth-order valence-corrected chi connectivity index (χ4v) is 3.26. The van der Waals surface area contributed by atoms with Crippen molar-refractivity contribution in [1.82, 2.24) is 5.32 Å². The molecule has 6 nitrogen and oxygen atoms in total. The SMILES string of the molecule is C=C/C=C1CC(/C=C(\C=C)NC(=O)C(=C/C(=C\C)C(=O)O)/C(=C\C)C(=O)O)=C(C)C/1=C/C=C. The number of hydrogen-bond acceptors (Lipinski definition) is 3. The van der Waals surface area contributed by atoms with Gasteiger partial charge >= 0.3 is 11.9 Å². The van der Waals surface area contributed by atoms with Crippen molar-refractivity contribution in [2.45, 2.75) is 27.2 Å². The minimum absolute atomic E-state index is 0.211. The largest absolute Gasteiger partial charge is 0.478 e. The van der Waals surface area contributed by atoms with Crippen LogP contribution in [0.4, 0.5) is 0 Å². The molecule has 0 aromatic rings. The van der Waals surface area contributed by atoms with Crippen molar-refractivity contribution < 1.29 is 24.6 Å². The second-order valence-electron chi connectivity index (χ2n) is 6.94. The van der Waals surface area contributed by atoms with E-state index in [0.717, 1.165) is 28.4 Å². The van der Waals surface area contributed by atoms with Gasteiger partial charge in [0.2, 0.25) is 0 Å². The number of carbonyl (C=O) groups is 3. The van der Waals surface area contributed by atoms with E-state index in [2.05, 4.69) is 25.1 Å². The third-order valence-corrected chi connectivity index (χ3v) is 4.94. The van der Waals surface area contributed by atoms with Crippen LogP contribution in [0.15, 0.2) is 119 Å². The summed E-state index contributed by atoms with van der Waals surface area (Å²) in [5.41, 5.74) is 3.51. The van der Waals surface area contributed by atoms with Crippen molar-refractivity contribution in [2.75, 3.05) is 0 Å². The van der Waals surface area contributed by atoms with Crippen molar-refractivity contribution in [3.8, 4) is 0 Å². The molecular formula is C27H29NO5. The number of hydrogen-bond donors (Lipinski definition) is 3. The Balaban J connectivity index is 3.47. The lowest BCUT2D eigenvalue weighted by molar-refractivity contribution is -0.133. The van der Waals surface area contributed by atoms with Crippen LogP contribution in [0.1, 0.15) is 27.2 Å². The molecule has 0 radical (unpaired) electrons. The zero-order chi connectivity index (χ0) is 25.1. The quantitative estimate of drug-likeness (QED) is 0.319. The molecule has 0 fully saturated rings. The maximum Gasteiger partial charge on any atom is 0.336 e. The van der Waals surface area contributed by atoms with E-state index in [-0.39, 0.29) is 16.7 Å². The smallest absolute Gasteiger partial charge is 0.336 e. The van der Waals surface area contributed by atoms with Gasteiger partial charge in [-0.05, 0) is 67.7 Å². The Morgan fingerprint density at radius 3 is 2.03 bits per heavy atom. The van der Waals surface area contributed by atoms with Gasteiger partial charge in [-0.3, -0.25) is 4.79 Å². The maximum atomic E-state index is 13.0. The lowest BCUT2D eigenvalue weighted by Gasteiger charge is -2.11. The highest BCUT2D eigenvalue weighted by Gasteiger charge is 2.23. The Morgan fingerprint density at radius 1 is 0.939 bits per heavy atom. The normalized spacial score (nSPS) is 17.9. The highest BCUT2D eigenvalue weighted by atomic mass is 16.4. The van der Waals surface area contributed by atoms with E-state index in [1.54, 1.807) is 18.2 Å². The van der Waals surface area contributed by atoms with Crippen molar-refractivity contribution in [2.24, 2.45) is 0 Å². The van der Waals surface area contributed by atoms with Gasteiger partial charge in [-0.2, -0.15) is 0 Å². The fourth-order valence-electron chi connectivity index (χ4n) is 3.26. The molecule has 0 aromatic carbocycles. The molecule has 6 heteroatoms. The lowest BCUT2D eigenvalue weighted by Crippen LogP contribution is -2.27.